The largest absolute Gasteiger partial charge is 0.387 e. The number of aliphatic hydroxyl groups is 2. The molecule has 0 aliphatic heterocycles. The zero-order valence-electron chi connectivity index (χ0n) is 42.3. The Balaban J connectivity index is 1.19. The molecule has 2 amide bonds. The van der Waals surface area contributed by atoms with Crippen LogP contribution in [-0.4, -0.2) is 46.3 Å². The van der Waals surface area contributed by atoms with Gasteiger partial charge in [0, 0.05) is 37.8 Å². The van der Waals surface area contributed by atoms with Crippen molar-refractivity contribution in [1.29, 1.82) is 0 Å². The standard InChI is InChI=1S/C65H70N2O4/c1-7-39-63(40-8-2,61(68)66-43-64(70,41-49-31-23-45(3)24-32-49)59(53-35-27-47(5)28-36-53)57-21-13-17-51-15-9-11-19-55(51)57)62(69)67-44-65(71,42-50-33-25-46(4)26-34-50)60(54-37-29-48(6)30-38-54)58-22-14-18-52-16-10-12-20-56(52)58/h9-38,59-60,70-71H,7-8,39-44H2,1-6H3,(H,66,68)(H,67,69). The maximum absolute atomic E-state index is 15.4. The first kappa shape index (κ1) is 50.5. The van der Waals surface area contributed by atoms with E-state index in [-0.39, 0.29) is 38.8 Å². The molecule has 8 aromatic carbocycles. The Morgan fingerprint density at radius 2 is 0.761 bits per heavy atom. The van der Waals surface area contributed by atoms with Crippen molar-refractivity contribution in [2.45, 2.75) is 103 Å². The maximum atomic E-state index is 15.4. The van der Waals surface area contributed by atoms with Gasteiger partial charge in [0.05, 0.1) is 11.2 Å². The van der Waals surface area contributed by atoms with Gasteiger partial charge in [0.25, 0.3) is 0 Å². The SMILES string of the molecule is CCCC(CCC)(C(=O)NCC(O)(Cc1ccc(C)cc1)C(c1ccc(C)cc1)c1cccc2ccccc12)C(=O)NCC(O)(Cc1ccc(C)cc1)C(c1ccc(C)cc1)c1cccc2ccccc12. The predicted molar refractivity (Wildman–Crippen MR) is 292 cm³/mol. The predicted octanol–water partition coefficient (Wildman–Crippen LogP) is 13.0. The molecule has 71 heavy (non-hydrogen) atoms. The molecule has 0 heterocycles. The fourth-order valence-electron chi connectivity index (χ4n) is 11.1. The van der Waals surface area contributed by atoms with Crippen molar-refractivity contribution in [3.05, 3.63) is 238 Å². The Bertz CT molecular complexity index is 2850. The number of carbonyl (C=O) groups excluding carboxylic acids is 2. The van der Waals surface area contributed by atoms with Gasteiger partial charge in [0.1, 0.15) is 5.41 Å². The number of carbonyl (C=O) groups is 2. The molecule has 0 bridgehead atoms. The van der Waals surface area contributed by atoms with Crippen LogP contribution in [0.3, 0.4) is 0 Å². The van der Waals surface area contributed by atoms with Gasteiger partial charge in [-0.15, -0.1) is 0 Å². The Morgan fingerprint density at radius 1 is 0.437 bits per heavy atom. The van der Waals surface area contributed by atoms with Crippen molar-refractivity contribution < 1.29 is 19.8 Å². The average Bonchev–Trinajstić information content (AvgIpc) is 3.37. The summed E-state index contributed by atoms with van der Waals surface area (Å²) >= 11 is 0. The molecule has 8 aromatic rings. The monoisotopic (exact) mass is 943 g/mol. The smallest absolute Gasteiger partial charge is 0.235 e. The molecule has 0 saturated carbocycles. The summed E-state index contributed by atoms with van der Waals surface area (Å²) in [5.74, 6) is -2.01. The van der Waals surface area contributed by atoms with Gasteiger partial charge in [-0.1, -0.05) is 231 Å². The van der Waals surface area contributed by atoms with E-state index in [4.69, 9.17) is 0 Å². The molecule has 0 fully saturated rings. The third-order valence-electron chi connectivity index (χ3n) is 14.8. The molecule has 4 atom stereocenters. The summed E-state index contributed by atoms with van der Waals surface area (Å²) in [5.41, 5.74) is 5.40. The van der Waals surface area contributed by atoms with Gasteiger partial charge < -0.3 is 20.8 Å². The van der Waals surface area contributed by atoms with Crippen molar-refractivity contribution in [1.82, 2.24) is 10.6 Å². The quantitative estimate of drug-likeness (QED) is 0.0572. The summed E-state index contributed by atoms with van der Waals surface area (Å²) in [6.07, 6.45) is 2.15. The average molecular weight is 943 g/mol. The number of aryl methyl sites for hydroxylation is 4. The van der Waals surface area contributed by atoms with Crippen LogP contribution in [0.25, 0.3) is 21.5 Å². The summed E-state index contributed by atoms with van der Waals surface area (Å²) in [5, 5.41) is 37.9. The van der Waals surface area contributed by atoms with Gasteiger partial charge in [-0.05, 0) is 95.5 Å². The lowest BCUT2D eigenvalue weighted by atomic mass is 9.71. The van der Waals surface area contributed by atoms with Crippen LogP contribution in [0.2, 0.25) is 0 Å². The highest BCUT2D eigenvalue weighted by molar-refractivity contribution is 6.05. The van der Waals surface area contributed by atoms with E-state index in [0.717, 1.165) is 77.2 Å². The molecule has 0 radical (unpaired) electrons. The van der Waals surface area contributed by atoms with Crippen molar-refractivity contribution >= 4 is 33.4 Å². The summed E-state index contributed by atoms with van der Waals surface area (Å²) < 4.78 is 0. The molecule has 4 unspecified atom stereocenters. The zero-order valence-corrected chi connectivity index (χ0v) is 42.3. The highest BCUT2D eigenvalue weighted by atomic mass is 16.3. The normalized spacial score (nSPS) is 14.3. The van der Waals surface area contributed by atoms with E-state index in [1.165, 1.54) is 0 Å². The molecule has 0 aliphatic carbocycles. The lowest BCUT2D eigenvalue weighted by Crippen LogP contribution is -2.58. The van der Waals surface area contributed by atoms with E-state index >= 15 is 9.59 Å². The first-order valence-corrected chi connectivity index (χ1v) is 25.5. The molecule has 0 saturated heterocycles. The molecular formula is C65H70N2O4. The number of amides is 2. The molecular weight excluding hydrogens is 873 g/mol. The minimum atomic E-state index is -1.56. The van der Waals surface area contributed by atoms with Crippen LogP contribution in [0.1, 0.15) is 107 Å². The summed E-state index contributed by atoms with van der Waals surface area (Å²) in [6, 6.07) is 61.8. The summed E-state index contributed by atoms with van der Waals surface area (Å²) in [6.45, 7) is 11.9. The van der Waals surface area contributed by atoms with E-state index < -0.39 is 40.3 Å². The minimum absolute atomic E-state index is 0.127. The lowest BCUT2D eigenvalue weighted by Gasteiger charge is -2.41. The number of hydrogen-bond donors (Lipinski definition) is 4. The van der Waals surface area contributed by atoms with E-state index in [1.807, 2.05) is 88.4 Å². The molecule has 0 aromatic heterocycles. The second-order valence-corrected chi connectivity index (χ2v) is 20.3. The molecule has 364 valence electrons. The molecule has 6 heteroatoms. The second-order valence-electron chi connectivity index (χ2n) is 20.3. The van der Waals surface area contributed by atoms with Crippen molar-refractivity contribution in [2.75, 3.05) is 13.1 Å². The van der Waals surface area contributed by atoms with E-state index in [1.54, 1.807) is 0 Å². The summed E-state index contributed by atoms with van der Waals surface area (Å²) in [4.78, 5) is 30.9. The minimum Gasteiger partial charge on any atom is -0.387 e. The van der Waals surface area contributed by atoms with Crippen LogP contribution in [0, 0.1) is 33.1 Å². The molecule has 0 aliphatic rings. The Labute approximate surface area is 421 Å². The molecule has 0 spiro atoms. The number of rotatable bonds is 20. The maximum Gasteiger partial charge on any atom is 0.235 e. The van der Waals surface area contributed by atoms with E-state index in [0.29, 0.717) is 12.8 Å². The van der Waals surface area contributed by atoms with Crippen LogP contribution < -0.4 is 10.6 Å². The zero-order chi connectivity index (χ0) is 50.2. The van der Waals surface area contributed by atoms with Crippen molar-refractivity contribution in [3.63, 3.8) is 0 Å². The van der Waals surface area contributed by atoms with Crippen LogP contribution in [0.5, 0.6) is 0 Å². The number of hydrogen-bond acceptors (Lipinski definition) is 4. The van der Waals surface area contributed by atoms with Gasteiger partial charge >= 0.3 is 0 Å². The van der Waals surface area contributed by atoms with Crippen LogP contribution in [0.15, 0.2) is 182 Å². The fourth-order valence-corrected chi connectivity index (χ4v) is 11.1. The number of nitrogens with one attached hydrogen (secondary N) is 2. The second kappa shape index (κ2) is 22.1. The van der Waals surface area contributed by atoms with Crippen molar-refractivity contribution in [2.24, 2.45) is 5.41 Å². The van der Waals surface area contributed by atoms with Crippen LogP contribution >= 0.6 is 0 Å². The van der Waals surface area contributed by atoms with E-state index in [9.17, 15) is 10.2 Å². The fraction of sp³-hybridized carbons (Fsp3) is 0.292. The molecule has 6 nitrogen and oxygen atoms in total. The number of benzene rings is 8. The van der Waals surface area contributed by atoms with Gasteiger partial charge in [-0.2, -0.15) is 0 Å². The van der Waals surface area contributed by atoms with Crippen molar-refractivity contribution in [3.8, 4) is 0 Å². The molecule has 4 N–H and O–H groups in total. The molecule has 8 rings (SSSR count). The van der Waals surface area contributed by atoms with E-state index in [2.05, 4.69) is 146 Å². The first-order chi connectivity index (χ1) is 34.3. The summed E-state index contributed by atoms with van der Waals surface area (Å²) in [7, 11) is 0. The topological polar surface area (TPSA) is 98.7 Å². The van der Waals surface area contributed by atoms with Gasteiger partial charge in [0.15, 0.2) is 0 Å². The number of fused-ring (bicyclic) bond motifs is 2. The van der Waals surface area contributed by atoms with Gasteiger partial charge in [-0.25, -0.2) is 0 Å². The first-order valence-electron chi connectivity index (χ1n) is 25.5. The highest BCUT2D eigenvalue weighted by Crippen LogP contribution is 2.43. The van der Waals surface area contributed by atoms with Crippen LogP contribution in [0.4, 0.5) is 0 Å². The third kappa shape index (κ3) is 11.2. The lowest BCUT2D eigenvalue weighted by molar-refractivity contribution is -0.146. The van der Waals surface area contributed by atoms with Crippen LogP contribution in [-0.2, 0) is 22.4 Å². The van der Waals surface area contributed by atoms with Gasteiger partial charge in [-0.3, -0.25) is 9.59 Å². The third-order valence-corrected chi connectivity index (χ3v) is 14.8. The Morgan fingerprint density at radius 3 is 1.11 bits per heavy atom. The highest BCUT2D eigenvalue weighted by Gasteiger charge is 2.48. The Hall–Kier alpha value is -6.86. The van der Waals surface area contributed by atoms with Gasteiger partial charge in [0.2, 0.25) is 11.8 Å². The Kier molecular flexibility index (Phi) is 15.7.